The maximum atomic E-state index is 12.5. The van der Waals surface area contributed by atoms with E-state index in [0.29, 0.717) is 12.1 Å². The molecule has 0 aromatic rings. The van der Waals surface area contributed by atoms with Gasteiger partial charge in [0.05, 0.1) is 6.04 Å². The maximum absolute atomic E-state index is 12.5. The van der Waals surface area contributed by atoms with E-state index in [1.807, 2.05) is 0 Å². The molecule has 1 aliphatic heterocycles. The van der Waals surface area contributed by atoms with Crippen molar-refractivity contribution in [1.29, 1.82) is 0 Å². The number of carbonyl (C=O) groups is 1. The lowest BCUT2D eigenvalue weighted by molar-refractivity contribution is -0.123. The number of rotatable bonds is 2. The third-order valence-electron chi connectivity index (χ3n) is 5.97. The minimum Gasteiger partial charge on any atom is -0.352 e. The van der Waals surface area contributed by atoms with E-state index >= 15 is 0 Å². The Kier molecular flexibility index (Phi) is 4.34. The lowest BCUT2D eigenvalue weighted by atomic mass is 9.78. The van der Waals surface area contributed by atoms with Crippen LogP contribution in [0.2, 0.25) is 0 Å². The van der Waals surface area contributed by atoms with E-state index in [2.05, 4.69) is 24.5 Å². The van der Waals surface area contributed by atoms with E-state index in [0.717, 1.165) is 24.2 Å². The fourth-order valence-corrected chi connectivity index (χ4v) is 4.58. The summed E-state index contributed by atoms with van der Waals surface area (Å²) in [7, 11) is 0. The number of fused-ring (bicyclic) bond motifs is 1. The van der Waals surface area contributed by atoms with Crippen LogP contribution in [0, 0.1) is 17.8 Å². The predicted molar refractivity (Wildman–Crippen MR) is 81.4 cm³/mol. The number of hydrogen-bond acceptors (Lipinski definition) is 2. The SMILES string of the molecule is CC1CCC(NC(=O)C2CC3CCCC(C)C3N2)CC1. The molecule has 0 aromatic carbocycles. The minimum absolute atomic E-state index is 0.0740. The minimum atomic E-state index is 0.0740. The van der Waals surface area contributed by atoms with Gasteiger partial charge < -0.3 is 10.6 Å². The van der Waals surface area contributed by atoms with Crippen LogP contribution in [0.3, 0.4) is 0 Å². The summed E-state index contributed by atoms with van der Waals surface area (Å²) in [4.78, 5) is 12.5. The van der Waals surface area contributed by atoms with Crippen molar-refractivity contribution in [2.75, 3.05) is 0 Å². The monoisotopic (exact) mass is 278 g/mol. The second-order valence-corrected chi connectivity index (χ2v) is 7.61. The van der Waals surface area contributed by atoms with E-state index in [-0.39, 0.29) is 11.9 Å². The van der Waals surface area contributed by atoms with Crippen molar-refractivity contribution in [3.05, 3.63) is 0 Å². The summed E-state index contributed by atoms with van der Waals surface area (Å²) in [6, 6.07) is 1.09. The molecule has 1 saturated heterocycles. The molecule has 3 aliphatic rings. The molecule has 0 radical (unpaired) electrons. The third kappa shape index (κ3) is 3.03. The molecular formula is C17H30N2O. The quantitative estimate of drug-likeness (QED) is 0.815. The second kappa shape index (κ2) is 6.05. The summed E-state index contributed by atoms with van der Waals surface area (Å²) < 4.78 is 0. The summed E-state index contributed by atoms with van der Waals surface area (Å²) in [5.41, 5.74) is 0. The first-order chi connectivity index (χ1) is 9.63. The first-order valence-electron chi connectivity index (χ1n) is 8.70. The van der Waals surface area contributed by atoms with Gasteiger partial charge in [0.25, 0.3) is 0 Å². The van der Waals surface area contributed by atoms with Gasteiger partial charge in [-0.15, -0.1) is 0 Å². The molecule has 3 heteroatoms. The van der Waals surface area contributed by atoms with Gasteiger partial charge in [-0.1, -0.05) is 20.3 Å². The summed E-state index contributed by atoms with van der Waals surface area (Å²) >= 11 is 0. The topological polar surface area (TPSA) is 41.1 Å². The second-order valence-electron chi connectivity index (χ2n) is 7.61. The third-order valence-corrected chi connectivity index (χ3v) is 5.97. The average Bonchev–Trinajstić information content (AvgIpc) is 2.87. The number of nitrogens with one attached hydrogen (secondary N) is 2. The van der Waals surface area contributed by atoms with E-state index in [1.165, 1.54) is 44.9 Å². The van der Waals surface area contributed by atoms with Gasteiger partial charge in [-0.3, -0.25) is 4.79 Å². The van der Waals surface area contributed by atoms with Crippen LogP contribution in [-0.2, 0) is 4.79 Å². The Morgan fingerprint density at radius 1 is 1.05 bits per heavy atom. The average molecular weight is 278 g/mol. The molecule has 3 rings (SSSR count). The van der Waals surface area contributed by atoms with Crippen molar-refractivity contribution in [2.45, 2.75) is 83.3 Å². The molecule has 114 valence electrons. The Morgan fingerprint density at radius 3 is 2.50 bits per heavy atom. The zero-order valence-electron chi connectivity index (χ0n) is 13.0. The van der Waals surface area contributed by atoms with Crippen molar-refractivity contribution < 1.29 is 4.79 Å². The summed E-state index contributed by atoms with van der Waals surface area (Å²) in [6.07, 6.45) is 9.92. The Labute approximate surface area is 123 Å². The first-order valence-corrected chi connectivity index (χ1v) is 8.70. The van der Waals surface area contributed by atoms with Crippen LogP contribution < -0.4 is 10.6 Å². The van der Waals surface area contributed by atoms with Crippen molar-refractivity contribution in [3.63, 3.8) is 0 Å². The van der Waals surface area contributed by atoms with Crippen LogP contribution in [0.5, 0.6) is 0 Å². The summed E-state index contributed by atoms with van der Waals surface area (Å²) in [6.45, 7) is 4.66. The van der Waals surface area contributed by atoms with Crippen molar-refractivity contribution in [2.24, 2.45) is 17.8 Å². The zero-order valence-corrected chi connectivity index (χ0v) is 13.0. The number of carbonyl (C=O) groups excluding carboxylic acids is 1. The summed E-state index contributed by atoms with van der Waals surface area (Å²) in [5.74, 6) is 2.59. The van der Waals surface area contributed by atoms with Crippen LogP contribution in [0.1, 0.15) is 65.2 Å². The van der Waals surface area contributed by atoms with Gasteiger partial charge in [-0.05, 0) is 62.7 Å². The molecule has 3 nitrogen and oxygen atoms in total. The molecule has 1 heterocycles. The molecule has 2 saturated carbocycles. The molecule has 3 fully saturated rings. The van der Waals surface area contributed by atoms with E-state index < -0.39 is 0 Å². The Bertz CT molecular complexity index is 349. The maximum Gasteiger partial charge on any atom is 0.237 e. The standard InChI is InChI=1S/C17H30N2O/c1-11-6-8-14(9-7-11)18-17(20)15-10-13-5-3-4-12(2)16(13)19-15/h11-16,19H,3-10H2,1-2H3,(H,18,20). The Balaban J connectivity index is 1.51. The van der Waals surface area contributed by atoms with Gasteiger partial charge in [-0.2, -0.15) is 0 Å². The van der Waals surface area contributed by atoms with E-state index in [9.17, 15) is 4.79 Å². The van der Waals surface area contributed by atoms with Crippen molar-refractivity contribution >= 4 is 5.91 Å². The van der Waals surface area contributed by atoms with Gasteiger partial charge in [0.2, 0.25) is 5.91 Å². The molecular weight excluding hydrogens is 248 g/mol. The van der Waals surface area contributed by atoms with Gasteiger partial charge in [0.15, 0.2) is 0 Å². The van der Waals surface area contributed by atoms with E-state index in [4.69, 9.17) is 0 Å². The molecule has 0 aromatic heterocycles. The highest BCUT2D eigenvalue weighted by Crippen LogP contribution is 2.36. The molecule has 0 bridgehead atoms. The van der Waals surface area contributed by atoms with E-state index in [1.54, 1.807) is 0 Å². The summed E-state index contributed by atoms with van der Waals surface area (Å²) in [5, 5.41) is 6.93. The number of amides is 1. The fourth-order valence-electron chi connectivity index (χ4n) is 4.58. The zero-order chi connectivity index (χ0) is 14.1. The van der Waals surface area contributed by atoms with Crippen LogP contribution in [0.15, 0.2) is 0 Å². The smallest absolute Gasteiger partial charge is 0.237 e. The normalized spacial score (nSPS) is 44.9. The lowest BCUT2D eigenvalue weighted by Crippen LogP contribution is -2.48. The fraction of sp³-hybridized carbons (Fsp3) is 0.941. The van der Waals surface area contributed by atoms with Gasteiger partial charge in [0.1, 0.15) is 0 Å². The Morgan fingerprint density at radius 2 is 1.80 bits per heavy atom. The molecule has 0 spiro atoms. The molecule has 1 amide bonds. The van der Waals surface area contributed by atoms with Crippen LogP contribution in [0.4, 0.5) is 0 Å². The first kappa shape index (κ1) is 14.4. The molecule has 2 N–H and O–H groups in total. The van der Waals surface area contributed by atoms with Crippen LogP contribution >= 0.6 is 0 Å². The largest absolute Gasteiger partial charge is 0.352 e. The highest BCUT2D eigenvalue weighted by molar-refractivity contribution is 5.82. The molecule has 20 heavy (non-hydrogen) atoms. The number of hydrogen-bond donors (Lipinski definition) is 2. The Hall–Kier alpha value is -0.570. The van der Waals surface area contributed by atoms with Crippen LogP contribution in [0.25, 0.3) is 0 Å². The molecule has 2 aliphatic carbocycles. The predicted octanol–water partition coefficient (Wildman–Crippen LogP) is 2.85. The van der Waals surface area contributed by atoms with Crippen molar-refractivity contribution in [3.8, 4) is 0 Å². The van der Waals surface area contributed by atoms with Crippen molar-refractivity contribution in [1.82, 2.24) is 10.6 Å². The highest BCUT2D eigenvalue weighted by Gasteiger charge is 2.41. The van der Waals surface area contributed by atoms with Crippen LogP contribution in [-0.4, -0.2) is 24.0 Å². The lowest BCUT2D eigenvalue weighted by Gasteiger charge is -2.31. The highest BCUT2D eigenvalue weighted by atomic mass is 16.2. The molecule has 4 atom stereocenters. The molecule has 4 unspecified atom stereocenters. The van der Waals surface area contributed by atoms with Gasteiger partial charge >= 0.3 is 0 Å². The van der Waals surface area contributed by atoms with Gasteiger partial charge in [0, 0.05) is 12.1 Å². The van der Waals surface area contributed by atoms with Gasteiger partial charge in [-0.25, -0.2) is 0 Å².